The fourth-order valence-electron chi connectivity index (χ4n) is 5.33. The van der Waals surface area contributed by atoms with Crippen molar-refractivity contribution in [2.45, 2.75) is 62.8 Å². The maximum Gasteiger partial charge on any atom is 0.213 e. The molecule has 2 aromatic heterocycles. The first-order valence-electron chi connectivity index (χ1n) is 11.8. The number of aromatic nitrogens is 4. The molecule has 1 saturated carbocycles. The zero-order chi connectivity index (χ0) is 22.3. The summed E-state index contributed by atoms with van der Waals surface area (Å²) in [4.78, 5) is 4.30. The van der Waals surface area contributed by atoms with Crippen LogP contribution in [0.3, 0.4) is 0 Å². The van der Waals surface area contributed by atoms with E-state index in [0.717, 1.165) is 55.0 Å². The molecule has 2 aliphatic heterocycles. The smallest absolute Gasteiger partial charge is 0.213 e. The summed E-state index contributed by atoms with van der Waals surface area (Å²) in [6.07, 6.45) is 8.00. The van der Waals surface area contributed by atoms with Gasteiger partial charge in [-0.3, -0.25) is 4.57 Å². The lowest BCUT2D eigenvalue weighted by atomic mass is 9.86. The van der Waals surface area contributed by atoms with E-state index in [1.54, 1.807) is 6.20 Å². The number of hydrogen-bond acceptors (Lipinski definition) is 6. The maximum absolute atomic E-state index is 6.39. The van der Waals surface area contributed by atoms with E-state index in [1.165, 1.54) is 0 Å². The van der Waals surface area contributed by atoms with Gasteiger partial charge in [-0.15, -0.1) is 10.2 Å². The van der Waals surface area contributed by atoms with E-state index in [9.17, 15) is 0 Å². The van der Waals surface area contributed by atoms with Crippen LogP contribution in [0.2, 0.25) is 5.02 Å². The molecule has 8 heteroatoms. The van der Waals surface area contributed by atoms with Gasteiger partial charge in [-0.1, -0.05) is 17.7 Å². The van der Waals surface area contributed by atoms with Crippen molar-refractivity contribution in [3.8, 4) is 11.6 Å². The molecule has 1 aromatic carbocycles. The number of pyridine rings is 1. The van der Waals surface area contributed by atoms with Crippen LogP contribution in [-0.2, 0) is 22.3 Å². The second-order valence-corrected chi connectivity index (χ2v) is 9.59. The highest BCUT2D eigenvalue weighted by molar-refractivity contribution is 6.30. The van der Waals surface area contributed by atoms with Gasteiger partial charge in [-0.25, -0.2) is 4.98 Å². The highest BCUT2D eigenvalue weighted by Gasteiger charge is 2.41. The van der Waals surface area contributed by atoms with Crippen LogP contribution in [0.15, 0.2) is 42.6 Å². The lowest BCUT2D eigenvalue weighted by Gasteiger charge is -2.36. The average Bonchev–Trinajstić information content (AvgIpc) is 3.18. The van der Waals surface area contributed by atoms with Crippen molar-refractivity contribution < 1.29 is 14.2 Å². The van der Waals surface area contributed by atoms with Crippen molar-refractivity contribution in [3.05, 3.63) is 64.8 Å². The second-order valence-electron chi connectivity index (χ2n) is 9.16. The lowest BCUT2D eigenvalue weighted by molar-refractivity contribution is -0.265. The number of fused-ring (bicyclic) bond motifs is 3. The normalized spacial score (nSPS) is 24.0. The fourth-order valence-corrected chi connectivity index (χ4v) is 5.52. The predicted molar refractivity (Wildman–Crippen MR) is 123 cm³/mol. The van der Waals surface area contributed by atoms with E-state index in [4.69, 9.17) is 25.8 Å². The zero-order valence-corrected chi connectivity index (χ0v) is 19.2. The largest absolute Gasteiger partial charge is 0.474 e. The number of halogens is 1. The van der Waals surface area contributed by atoms with E-state index in [0.29, 0.717) is 42.9 Å². The molecule has 6 rings (SSSR count). The quantitative estimate of drug-likeness (QED) is 0.559. The summed E-state index contributed by atoms with van der Waals surface area (Å²) in [7, 11) is 0. The molecule has 7 nitrogen and oxygen atoms in total. The predicted octanol–water partition coefficient (Wildman–Crippen LogP) is 4.65. The van der Waals surface area contributed by atoms with Gasteiger partial charge in [0.25, 0.3) is 0 Å². The Morgan fingerprint density at radius 1 is 1.00 bits per heavy atom. The summed E-state index contributed by atoms with van der Waals surface area (Å²) in [6.45, 7) is 1.38. The van der Waals surface area contributed by atoms with Gasteiger partial charge in [0.2, 0.25) is 5.88 Å². The van der Waals surface area contributed by atoms with E-state index in [1.807, 2.05) is 30.3 Å². The van der Waals surface area contributed by atoms with Gasteiger partial charge in [-0.2, -0.15) is 0 Å². The monoisotopic (exact) mass is 466 g/mol. The third kappa shape index (κ3) is 4.14. The minimum Gasteiger partial charge on any atom is -0.474 e. The van der Waals surface area contributed by atoms with Crippen LogP contribution in [-0.4, -0.2) is 44.9 Å². The molecule has 33 heavy (non-hydrogen) atoms. The van der Waals surface area contributed by atoms with Gasteiger partial charge in [0.05, 0.1) is 25.3 Å². The molecule has 2 fully saturated rings. The molecule has 0 radical (unpaired) electrons. The van der Waals surface area contributed by atoms with Crippen molar-refractivity contribution in [2.75, 3.05) is 13.2 Å². The van der Waals surface area contributed by atoms with Crippen LogP contribution in [0.4, 0.5) is 0 Å². The van der Waals surface area contributed by atoms with Crippen LogP contribution in [0.1, 0.15) is 55.2 Å². The van der Waals surface area contributed by atoms with Gasteiger partial charge >= 0.3 is 0 Å². The molecular formula is C25H27ClN4O3. The zero-order valence-electron chi connectivity index (χ0n) is 18.5. The molecule has 0 atom stereocenters. The molecule has 1 saturated heterocycles. The molecule has 0 bridgehead atoms. The average molecular weight is 467 g/mol. The summed E-state index contributed by atoms with van der Waals surface area (Å²) in [5.74, 6) is 2.21. The van der Waals surface area contributed by atoms with Crippen LogP contribution in [0, 0.1) is 0 Å². The Hall–Kier alpha value is -2.48. The Kier molecular flexibility index (Phi) is 5.56. The Balaban J connectivity index is 1.28. The van der Waals surface area contributed by atoms with Crippen LogP contribution >= 0.6 is 11.6 Å². The van der Waals surface area contributed by atoms with Crippen LogP contribution in [0.5, 0.6) is 5.88 Å². The summed E-state index contributed by atoms with van der Waals surface area (Å²) in [5, 5.41) is 10.0. The summed E-state index contributed by atoms with van der Waals surface area (Å²) >= 11 is 6.39. The Bertz CT molecular complexity index is 1120. The number of rotatable bonds is 3. The van der Waals surface area contributed by atoms with Crippen molar-refractivity contribution in [1.29, 1.82) is 0 Å². The lowest BCUT2D eigenvalue weighted by Crippen LogP contribution is -2.44. The molecule has 0 amide bonds. The minimum atomic E-state index is -0.704. The standard InChI is InChI=1S/C25H27ClN4O3/c26-19-7-10-21-18(14-19)15-25(31-12-3-13-32-25)16-22-28-29-24(30(21)22)17-5-8-20(9-6-17)33-23-4-1-2-11-27-23/h1-2,4,7,10-11,14,17,20H,3,5-6,8-9,12-13,15-16H2/t17-,20-. The van der Waals surface area contributed by atoms with Crippen molar-refractivity contribution in [1.82, 2.24) is 19.7 Å². The molecule has 172 valence electrons. The van der Waals surface area contributed by atoms with Crippen molar-refractivity contribution >= 4 is 11.6 Å². The number of ether oxygens (including phenoxy) is 3. The second kappa shape index (κ2) is 8.70. The van der Waals surface area contributed by atoms with E-state index in [-0.39, 0.29) is 6.10 Å². The van der Waals surface area contributed by atoms with Gasteiger partial charge < -0.3 is 14.2 Å². The Morgan fingerprint density at radius 3 is 2.64 bits per heavy atom. The Morgan fingerprint density at radius 2 is 1.85 bits per heavy atom. The maximum atomic E-state index is 6.39. The fraction of sp³-hybridized carbons (Fsp3) is 0.480. The first kappa shape index (κ1) is 21.1. The summed E-state index contributed by atoms with van der Waals surface area (Å²) < 4.78 is 20.7. The van der Waals surface area contributed by atoms with Gasteiger partial charge in [-0.05, 0) is 61.9 Å². The molecule has 4 heterocycles. The Labute approximate surface area is 198 Å². The third-order valence-corrected chi connectivity index (χ3v) is 7.14. The van der Waals surface area contributed by atoms with E-state index < -0.39 is 5.79 Å². The molecular weight excluding hydrogens is 440 g/mol. The molecule has 3 aromatic rings. The van der Waals surface area contributed by atoms with Gasteiger partial charge in [0.1, 0.15) is 17.8 Å². The number of hydrogen-bond donors (Lipinski definition) is 0. The molecule has 1 spiro atoms. The van der Waals surface area contributed by atoms with E-state index >= 15 is 0 Å². The highest BCUT2D eigenvalue weighted by atomic mass is 35.5. The summed E-state index contributed by atoms with van der Waals surface area (Å²) in [6, 6.07) is 11.8. The molecule has 1 aliphatic carbocycles. The van der Waals surface area contributed by atoms with E-state index in [2.05, 4.69) is 25.8 Å². The first-order valence-corrected chi connectivity index (χ1v) is 12.2. The first-order chi connectivity index (χ1) is 16.2. The molecule has 0 N–H and O–H groups in total. The molecule has 3 aliphatic rings. The van der Waals surface area contributed by atoms with Crippen molar-refractivity contribution in [2.24, 2.45) is 0 Å². The minimum absolute atomic E-state index is 0.182. The number of nitrogens with zero attached hydrogens (tertiary/aromatic N) is 4. The van der Waals surface area contributed by atoms with Crippen molar-refractivity contribution in [3.63, 3.8) is 0 Å². The highest BCUT2D eigenvalue weighted by Crippen LogP contribution is 2.39. The SMILES string of the molecule is Clc1ccc2c(c1)CC1(Cc3nnc([C@H]4CC[C@H](Oc5ccccn5)CC4)n3-2)OCCCO1. The third-order valence-electron chi connectivity index (χ3n) is 6.91. The molecule has 0 unspecified atom stereocenters. The topological polar surface area (TPSA) is 71.3 Å². The number of benzene rings is 1. The van der Waals surface area contributed by atoms with Crippen LogP contribution < -0.4 is 4.74 Å². The van der Waals surface area contributed by atoms with Crippen LogP contribution in [0.25, 0.3) is 5.69 Å². The summed E-state index contributed by atoms with van der Waals surface area (Å²) in [5.41, 5.74) is 2.19. The van der Waals surface area contributed by atoms with Gasteiger partial charge in [0, 0.05) is 29.6 Å². The van der Waals surface area contributed by atoms with Gasteiger partial charge in [0.15, 0.2) is 5.79 Å².